The van der Waals surface area contributed by atoms with Crippen LogP contribution in [0.4, 0.5) is 0 Å². The van der Waals surface area contributed by atoms with E-state index in [4.69, 9.17) is 0 Å². The maximum atomic E-state index is 11.4. The van der Waals surface area contributed by atoms with Crippen molar-refractivity contribution in [3.05, 3.63) is 29.6 Å². The zero-order valence-corrected chi connectivity index (χ0v) is 11.8. The summed E-state index contributed by atoms with van der Waals surface area (Å²) < 4.78 is 2.09. The zero-order chi connectivity index (χ0) is 14.2. The van der Waals surface area contributed by atoms with Crippen LogP contribution in [0, 0.1) is 12.8 Å². The van der Waals surface area contributed by atoms with Gasteiger partial charge in [0.2, 0.25) is 0 Å². The molecule has 1 aromatic heterocycles. The molecule has 0 aliphatic heterocycles. The Morgan fingerprint density at radius 3 is 2.63 bits per heavy atom. The highest BCUT2D eigenvalue weighted by molar-refractivity contribution is 6.01. The summed E-state index contributed by atoms with van der Waals surface area (Å²) in [6.45, 7) is 8.38. The predicted octanol–water partition coefficient (Wildman–Crippen LogP) is 3.65. The number of para-hydroxylation sites is 1. The molecule has 1 N–H and O–H groups in total. The Morgan fingerprint density at radius 1 is 1.42 bits per heavy atom. The number of carboxylic acids is 1. The van der Waals surface area contributed by atoms with Gasteiger partial charge in [0.25, 0.3) is 0 Å². The van der Waals surface area contributed by atoms with Gasteiger partial charge >= 0.3 is 5.97 Å². The summed E-state index contributed by atoms with van der Waals surface area (Å²) >= 11 is 0. The number of carbonyl (C=O) groups is 1. The van der Waals surface area contributed by atoms with Crippen LogP contribution in [0.15, 0.2) is 18.2 Å². The van der Waals surface area contributed by atoms with Crippen LogP contribution in [0.3, 0.4) is 0 Å². The Labute approximate surface area is 113 Å². The number of fused-ring (bicyclic) bond motifs is 1. The molecule has 0 fully saturated rings. The molecular weight excluding hydrogens is 240 g/mol. The van der Waals surface area contributed by atoms with Crippen molar-refractivity contribution >= 4 is 17.0 Å². The minimum Gasteiger partial charge on any atom is -0.478 e. The highest BCUT2D eigenvalue weighted by Gasteiger charge is 2.22. The summed E-state index contributed by atoms with van der Waals surface area (Å²) in [4.78, 5) is 15.9. The van der Waals surface area contributed by atoms with E-state index < -0.39 is 5.97 Å². The SMILES string of the molecule is CCC(C(C)C)n1c(C)nc2cccc(C(=O)O)c21. The lowest BCUT2D eigenvalue weighted by Crippen LogP contribution is -2.17. The number of hydrogen-bond acceptors (Lipinski definition) is 2. The van der Waals surface area contributed by atoms with Crippen molar-refractivity contribution in [3.63, 3.8) is 0 Å². The van der Waals surface area contributed by atoms with Crippen molar-refractivity contribution in [1.82, 2.24) is 9.55 Å². The highest BCUT2D eigenvalue weighted by atomic mass is 16.4. The third-order valence-electron chi connectivity index (χ3n) is 3.64. The molecule has 2 rings (SSSR count). The Morgan fingerprint density at radius 2 is 2.11 bits per heavy atom. The first-order valence-corrected chi connectivity index (χ1v) is 6.68. The first-order chi connectivity index (χ1) is 8.97. The van der Waals surface area contributed by atoms with E-state index in [1.807, 2.05) is 13.0 Å². The first-order valence-electron chi connectivity index (χ1n) is 6.68. The molecule has 0 aliphatic carbocycles. The number of aromatic nitrogens is 2. The summed E-state index contributed by atoms with van der Waals surface area (Å²) in [5, 5.41) is 9.37. The third-order valence-corrected chi connectivity index (χ3v) is 3.64. The number of aromatic carboxylic acids is 1. The van der Waals surface area contributed by atoms with Gasteiger partial charge in [0.05, 0.1) is 16.6 Å². The molecule has 0 bridgehead atoms. The van der Waals surface area contributed by atoms with Gasteiger partial charge in [-0.1, -0.05) is 26.8 Å². The average Bonchev–Trinajstić information content (AvgIpc) is 2.66. The molecule has 4 heteroatoms. The number of imidazole rings is 1. The van der Waals surface area contributed by atoms with Crippen LogP contribution >= 0.6 is 0 Å². The van der Waals surface area contributed by atoms with Crippen LogP contribution < -0.4 is 0 Å². The largest absolute Gasteiger partial charge is 0.478 e. The van der Waals surface area contributed by atoms with Crippen molar-refractivity contribution in [2.24, 2.45) is 5.92 Å². The van der Waals surface area contributed by atoms with Crippen LogP contribution in [0.1, 0.15) is 49.4 Å². The fraction of sp³-hybridized carbons (Fsp3) is 0.467. The second kappa shape index (κ2) is 5.03. The van der Waals surface area contributed by atoms with Crippen molar-refractivity contribution in [2.45, 2.75) is 40.2 Å². The Hall–Kier alpha value is -1.84. The van der Waals surface area contributed by atoms with Gasteiger partial charge in [-0.2, -0.15) is 0 Å². The van der Waals surface area contributed by atoms with Gasteiger partial charge in [-0.3, -0.25) is 0 Å². The predicted molar refractivity (Wildman–Crippen MR) is 75.6 cm³/mol. The molecule has 0 aliphatic rings. The lowest BCUT2D eigenvalue weighted by atomic mass is 10.0. The van der Waals surface area contributed by atoms with Gasteiger partial charge in [0, 0.05) is 6.04 Å². The summed E-state index contributed by atoms with van der Waals surface area (Å²) in [6, 6.07) is 5.54. The summed E-state index contributed by atoms with van der Waals surface area (Å²) in [5.41, 5.74) is 1.83. The van der Waals surface area contributed by atoms with E-state index in [2.05, 4.69) is 30.3 Å². The molecular formula is C15H20N2O2. The molecule has 0 spiro atoms. The van der Waals surface area contributed by atoms with Crippen molar-refractivity contribution in [3.8, 4) is 0 Å². The second-order valence-electron chi connectivity index (χ2n) is 5.23. The molecule has 1 heterocycles. The number of rotatable bonds is 4. The van der Waals surface area contributed by atoms with E-state index in [1.54, 1.807) is 12.1 Å². The molecule has 0 saturated carbocycles. The summed E-state index contributed by atoms with van der Waals surface area (Å²) in [5.74, 6) is 0.414. The molecule has 4 nitrogen and oxygen atoms in total. The molecule has 102 valence electrons. The minimum absolute atomic E-state index is 0.269. The average molecular weight is 260 g/mol. The fourth-order valence-electron chi connectivity index (χ4n) is 2.80. The van der Waals surface area contributed by atoms with Gasteiger partial charge in [-0.05, 0) is 31.4 Å². The number of nitrogens with zero attached hydrogens (tertiary/aromatic N) is 2. The Kier molecular flexibility index (Phi) is 3.60. The molecule has 0 radical (unpaired) electrons. The lowest BCUT2D eigenvalue weighted by molar-refractivity contribution is 0.0698. The van der Waals surface area contributed by atoms with Crippen LogP contribution in [0.2, 0.25) is 0 Å². The smallest absolute Gasteiger partial charge is 0.337 e. The van der Waals surface area contributed by atoms with Crippen LogP contribution in [0.25, 0.3) is 11.0 Å². The van der Waals surface area contributed by atoms with Crippen LogP contribution in [-0.4, -0.2) is 20.6 Å². The normalized spacial score (nSPS) is 13.1. The molecule has 0 saturated heterocycles. The molecule has 2 aromatic rings. The van der Waals surface area contributed by atoms with Crippen molar-refractivity contribution in [2.75, 3.05) is 0 Å². The van der Waals surface area contributed by atoms with E-state index in [9.17, 15) is 9.90 Å². The highest BCUT2D eigenvalue weighted by Crippen LogP contribution is 2.30. The fourth-order valence-corrected chi connectivity index (χ4v) is 2.80. The van der Waals surface area contributed by atoms with Gasteiger partial charge in [0.1, 0.15) is 5.82 Å². The van der Waals surface area contributed by atoms with E-state index in [-0.39, 0.29) is 6.04 Å². The Bertz CT molecular complexity index is 614. The van der Waals surface area contributed by atoms with Crippen molar-refractivity contribution < 1.29 is 9.90 Å². The molecule has 1 atom stereocenters. The van der Waals surface area contributed by atoms with E-state index in [1.165, 1.54) is 0 Å². The second-order valence-corrected chi connectivity index (χ2v) is 5.23. The van der Waals surface area contributed by atoms with Crippen molar-refractivity contribution in [1.29, 1.82) is 0 Å². The Balaban J connectivity index is 2.79. The summed E-state index contributed by atoms with van der Waals surface area (Å²) in [7, 11) is 0. The summed E-state index contributed by atoms with van der Waals surface area (Å²) in [6.07, 6.45) is 0.956. The number of benzene rings is 1. The number of aryl methyl sites for hydroxylation is 1. The van der Waals surface area contributed by atoms with Gasteiger partial charge in [-0.25, -0.2) is 9.78 Å². The van der Waals surface area contributed by atoms with E-state index in [0.29, 0.717) is 11.5 Å². The third kappa shape index (κ3) is 2.23. The molecule has 19 heavy (non-hydrogen) atoms. The van der Waals surface area contributed by atoms with Crippen LogP contribution in [-0.2, 0) is 0 Å². The minimum atomic E-state index is -0.898. The quantitative estimate of drug-likeness (QED) is 0.912. The number of hydrogen-bond donors (Lipinski definition) is 1. The van der Waals surface area contributed by atoms with E-state index in [0.717, 1.165) is 23.3 Å². The maximum absolute atomic E-state index is 11.4. The lowest BCUT2D eigenvalue weighted by Gasteiger charge is -2.23. The molecule has 1 aromatic carbocycles. The topological polar surface area (TPSA) is 55.1 Å². The zero-order valence-electron chi connectivity index (χ0n) is 11.8. The standard InChI is InChI=1S/C15H20N2O2/c1-5-13(9(2)3)17-10(4)16-12-8-6-7-11(14(12)17)15(18)19/h6-9,13H,5H2,1-4H3,(H,18,19). The van der Waals surface area contributed by atoms with E-state index >= 15 is 0 Å². The van der Waals surface area contributed by atoms with Gasteiger partial charge in [-0.15, -0.1) is 0 Å². The maximum Gasteiger partial charge on any atom is 0.337 e. The van der Waals surface area contributed by atoms with Gasteiger partial charge in [0.15, 0.2) is 0 Å². The first kappa shape index (κ1) is 13.6. The van der Waals surface area contributed by atoms with Gasteiger partial charge < -0.3 is 9.67 Å². The monoisotopic (exact) mass is 260 g/mol. The molecule has 0 amide bonds. The molecule has 1 unspecified atom stereocenters. The van der Waals surface area contributed by atoms with Crippen LogP contribution in [0.5, 0.6) is 0 Å². The number of carboxylic acid groups (broad SMARTS) is 1.